The van der Waals surface area contributed by atoms with Gasteiger partial charge in [0, 0.05) is 31.3 Å². The largest absolute Gasteiger partial charge is 0.473 e. The Labute approximate surface area is 177 Å². The second-order valence-corrected chi connectivity index (χ2v) is 9.99. The average molecular weight is 431 g/mol. The number of hydrogen-bond donors (Lipinski definition) is 1. The van der Waals surface area contributed by atoms with Gasteiger partial charge in [-0.3, -0.25) is 18.7 Å². The van der Waals surface area contributed by atoms with Crippen molar-refractivity contribution in [1.82, 2.24) is 4.90 Å². The summed E-state index contributed by atoms with van der Waals surface area (Å²) in [7, 11) is -4.07. The molecule has 0 radical (unpaired) electrons. The molecule has 1 unspecified atom stereocenters. The number of ketones is 1. The van der Waals surface area contributed by atoms with Crippen LogP contribution in [0, 0.1) is 5.92 Å². The number of hydrogen-bond acceptors (Lipinski definition) is 5. The lowest BCUT2D eigenvalue weighted by Crippen LogP contribution is -2.28. The minimum atomic E-state index is -4.07. The molecule has 2 aromatic rings. The normalized spacial score (nSPS) is 25.2. The molecule has 30 heavy (non-hydrogen) atoms. The van der Waals surface area contributed by atoms with Crippen LogP contribution in [0.25, 0.3) is 10.8 Å². The molecule has 6 nitrogen and oxygen atoms in total. The molecule has 1 saturated carbocycles. The molecule has 4 rings (SSSR count). The smallest absolute Gasteiger partial charge is 0.302 e. The summed E-state index contributed by atoms with van der Waals surface area (Å²) < 4.78 is 22.4. The third-order valence-corrected chi connectivity index (χ3v) is 7.39. The molecular weight excluding hydrogens is 401 g/mol. The summed E-state index contributed by atoms with van der Waals surface area (Å²) in [6.45, 7) is 3.74. The number of unbranched alkanes of at least 4 members (excludes halogenated alkanes) is 1. The van der Waals surface area contributed by atoms with E-state index in [4.69, 9.17) is 9.05 Å². The van der Waals surface area contributed by atoms with E-state index in [1.165, 1.54) is 16.3 Å². The lowest BCUT2D eigenvalue weighted by Gasteiger charge is -2.22. The maximum absolute atomic E-state index is 12.1. The molecule has 0 spiro atoms. The molecule has 2 aliphatic rings. The highest BCUT2D eigenvalue weighted by Gasteiger charge is 2.60. The molecule has 2 fully saturated rings. The van der Waals surface area contributed by atoms with Crippen LogP contribution in [0.1, 0.15) is 44.6 Å². The Balaban J connectivity index is 1.25. The molecule has 1 aliphatic heterocycles. The third kappa shape index (κ3) is 4.84. The summed E-state index contributed by atoms with van der Waals surface area (Å²) in [5.41, 5.74) is 1.48. The number of phosphoric acid groups is 1. The highest BCUT2D eigenvalue weighted by Crippen LogP contribution is 2.59. The van der Waals surface area contributed by atoms with Gasteiger partial charge in [-0.2, -0.15) is 0 Å². The Bertz CT molecular complexity index is 964. The maximum atomic E-state index is 12.1. The van der Waals surface area contributed by atoms with E-state index in [1.807, 2.05) is 6.92 Å². The Morgan fingerprint density at radius 1 is 1.20 bits per heavy atom. The van der Waals surface area contributed by atoms with Crippen molar-refractivity contribution >= 4 is 24.4 Å². The Kier molecular flexibility index (Phi) is 6.42. The Morgan fingerprint density at radius 2 is 2.00 bits per heavy atom. The van der Waals surface area contributed by atoms with Crippen molar-refractivity contribution in [3.8, 4) is 0 Å². The molecule has 0 bridgehead atoms. The standard InChI is InChI=1S/C23H30NO5P/c1-2-22(25)9-5-6-12-28-30(26,27)29-17-24-15-21-14-23(21,16-24)20-11-10-18-7-3-4-8-19(18)13-20/h3-4,7-8,10-11,13,21H,2,5-6,9,12,14-17H2,1H3,(H,26,27)/t21-,23+/m1/s1. The van der Waals surface area contributed by atoms with Crippen molar-refractivity contribution in [3.63, 3.8) is 0 Å². The fraction of sp³-hybridized carbons (Fsp3) is 0.522. The Morgan fingerprint density at radius 3 is 2.80 bits per heavy atom. The second kappa shape index (κ2) is 8.89. The molecule has 162 valence electrons. The number of fused-ring (bicyclic) bond motifs is 2. The summed E-state index contributed by atoms with van der Waals surface area (Å²) in [6.07, 6.45) is 3.40. The van der Waals surface area contributed by atoms with Gasteiger partial charge in [0.05, 0.1) is 6.61 Å². The molecule has 0 amide bonds. The molecule has 7 heteroatoms. The first-order chi connectivity index (χ1) is 14.4. The quantitative estimate of drug-likeness (QED) is 0.412. The van der Waals surface area contributed by atoms with E-state index in [1.54, 1.807) is 0 Å². The van der Waals surface area contributed by atoms with Gasteiger partial charge in [0.15, 0.2) is 0 Å². The number of Topliss-reactive ketones (excluding diaryl/α,β-unsaturated/α-hetero) is 1. The van der Waals surface area contributed by atoms with Gasteiger partial charge < -0.3 is 4.89 Å². The number of carbonyl (C=O) groups excluding carboxylic acids is 1. The summed E-state index contributed by atoms with van der Waals surface area (Å²) in [5, 5.41) is 2.49. The van der Waals surface area contributed by atoms with Crippen molar-refractivity contribution in [2.45, 2.75) is 44.4 Å². The zero-order chi connectivity index (χ0) is 21.2. The minimum absolute atomic E-state index is 0.0912. The van der Waals surface area contributed by atoms with Gasteiger partial charge in [-0.05, 0) is 41.5 Å². The number of piperidine rings is 1. The lowest BCUT2D eigenvalue weighted by molar-refractivity contribution is -0.118. The number of benzene rings is 2. The van der Waals surface area contributed by atoms with Crippen LogP contribution in [0.3, 0.4) is 0 Å². The van der Waals surface area contributed by atoms with Gasteiger partial charge in [0.1, 0.15) is 12.5 Å². The fourth-order valence-electron chi connectivity index (χ4n) is 4.60. The maximum Gasteiger partial charge on any atom is 0.473 e. The Hall–Kier alpha value is -1.56. The van der Waals surface area contributed by atoms with E-state index in [0.717, 1.165) is 19.5 Å². The first-order valence-electron chi connectivity index (χ1n) is 10.8. The molecule has 1 aliphatic carbocycles. The number of nitrogens with zero attached hydrogens (tertiary/aromatic N) is 1. The van der Waals surface area contributed by atoms with Gasteiger partial charge in [0.2, 0.25) is 0 Å². The van der Waals surface area contributed by atoms with Crippen molar-refractivity contribution in [2.75, 3.05) is 26.4 Å². The van der Waals surface area contributed by atoms with Gasteiger partial charge in [0.25, 0.3) is 0 Å². The van der Waals surface area contributed by atoms with E-state index in [2.05, 4.69) is 47.4 Å². The molecule has 3 atom stereocenters. The minimum Gasteiger partial charge on any atom is -0.302 e. The highest BCUT2D eigenvalue weighted by molar-refractivity contribution is 7.47. The van der Waals surface area contributed by atoms with Crippen LogP contribution in [-0.4, -0.2) is 42.0 Å². The van der Waals surface area contributed by atoms with E-state index in [-0.39, 0.29) is 24.5 Å². The SMILES string of the molecule is CCC(=O)CCCCOP(=O)(O)OCN1C[C@H]2C[C@@]2(c2ccc3ccccc3c2)C1. The average Bonchev–Trinajstić information content (AvgIpc) is 3.32. The molecule has 1 saturated heterocycles. The molecule has 1 N–H and O–H groups in total. The zero-order valence-corrected chi connectivity index (χ0v) is 18.4. The summed E-state index contributed by atoms with van der Waals surface area (Å²) in [5.74, 6) is 0.767. The molecule has 0 aromatic heterocycles. The number of likely N-dealkylation sites (tertiary alicyclic amines) is 1. The van der Waals surface area contributed by atoms with Crippen molar-refractivity contribution in [1.29, 1.82) is 0 Å². The number of rotatable bonds is 11. The first kappa shape index (κ1) is 21.7. The van der Waals surface area contributed by atoms with Crippen molar-refractivity contribution < 1.29 is 23.3 Å². The predicted molar refractivity (Wildman–Crippen MR) is 116 cm³/mol. The van der Waals surface area contributed by atoms with Gasteiger partial charge in [-0.25, -0.2) is 4.57 Å². The topological polar surface area (TPSA) is 76.1 Å². The van der Waals surface area contributed by atoms with Gasteiger partial charge in [-0.15, -0.1) is 0 Å². The molecule has 1 heterocycles. The van der Waals surface area contributed by atoms with Crippen LogP contribution < -0.4 is 0 Å². The van der Waals surface area contributed by atoms with Crippen LogP contribution in [0.2, 0.25) is 0 Å². The van der Waals surface area contributed by atoms with Crippen LogP contribution in [0.5, 0.6) is 0 Å². The van der Waals surface area contributed by atoms with E-state index >= 15 is 0 Å². The van der Waals surface area contributed by atoms with Crippen LogP contribution in [0.4, 0.5) is 0 Å². The lowest BCUT2D eigenvalue weighted by atomic mass is 9.93. The van der Waals surface area contributed by atoms with E-state index < -0.39 is 7.82 Å². The molecule has 2 aromatic carbocycles. The molecular formula is C23H30NO5P. The van der Waals surface area contributed by atoms with E-state index in [0.29, 0.717) is 31.6 Å². The summed E-state index contributed by atoms with van der Waals surface area (Å²) in [4.78, 5) is 23.3. The van der Waals surface area contributed by atoms with Crippen molar-refractivity contribution in [2.24, 2.45) is 5.92 Å². The summed E-state index contributed by atoms with van der Waals surface area (Å²) >= 11 is 0. The van der Waals surface area contributed by atoms with Gasteiger partial charge >= 0.3 is 7.82 Å². The highest BCUT2D eigenvalue weighted by atomic mass is 31.2. The summed E-state index contributed by atoms with van der Waals surface area (Å²) in [6, 6.07) is 15.0. The van der Waals surface area contributed by atoms with Crippen LogP contribution in [-0.2, 0) is 23.8 Å². The number of carbonyl (C=O) groups is 1. The number of phosphoric ester groups is 1. The first-order valence-corrected chi connectivity index (χ1v) is 12.3. The van der Waals surface area contributed by atoms with E-state index in [9.17, 15) is 14.3 Å². The monoisotopic (exact) mass is 431 g/mol. The third-order valence-electron chi connectivity index (χ3n) is 6.44. The van der Waals surface area contributed by atoms with Gasteiger partial charge in [-0.1, -0.05) is 49.4 Å². The second-order valence-electron chi connectivity index (χ2n) is 8.54. The zero-order valence-electron chi connectivity index (χ0n) is 17.5. The predicted octanol–water partition coefficient (Wildman–Crippen LogP) is 4.65. The van der Waals surface area contributed by atoms with Crippen LogP contribution in [0.15, 0.2) is 42.5 Å². The van der Waals surface area contributed by atoms with Crippen molar-refractivity contribution in [3.05, 3.63) is 48.0 Å². The fourth-order valence-corrected chi connectivity index (χ4v) is 5.35. The van der Waals surface area contributed by atoms with Crippen LogP contribution >= 0.6 is 7.82 Å².